The summed E-state index contributed by atoms with van der Waals surface area (Å²) in [5.41, 5.74) is 2.07. The minimum Gasteiger partial charge on any atom is -0.267 e. The van der Waals surface area contributed by atoms with Crippen LogP contribution in [-0.4, -0.2) is 19.6 Å². The van der Waals surface area contributed by atoms with Crippen LogP contribution < -0.4 is 5.56 Å². The molecule has 0 atom stereocenters. The smallest absolute Gasteiger partial charge is 0.267 e. The summed E-state index contributed by atoms with van der Waals surface area (Å²) in [6.45, 7) is 1.95. The summed E-state index contributed by atoms with van der Waals surface area (Å²) in [5.74, 6) is 0. The Balaban J connectivity index is 1.99. The molecule has 0 aromatic carbocycles. The van der Waals surface area contributed by atoms with E-state index in [1.165, 1.54) is 21.9 Å². The number of thiazole rings is 1. The second-order valence-electron chi connectivity index (χ2n) is 3.57. The number of hydrogen-bond donors (Lipinski definition) is 0. The lowest BCUT2D eigenvalue weighted by atomic mass is 10.3. The number of rotatable bonds is 2. The van der Waals surface area contributed by atoms with Crippen molar-refractivity contribution in [2.24, 2.45) is 0 Å². The van der Waals surface area contributed by atoms with Gasteiger partial charge in [-0.25, -0.2) is 9.97 Å². The van der Waals surface area contributed by atoms with Gasteiger partial charge < -0.3 is 0 Å². The Morgan fingerprint density at radius 2 is 2.28 bits per heavy atom. The van der Waals surface area contributed by atoms with Crippen LogP contribution in [0.5, 0.6) is 0 Å². The molecular weight excluding hydrogens is 268 g/mol. The fourth-order valence-corrected chi connectivity index (χ4v) is 2.80. The van der Waals surface area contributed by atoms with Crippen molar-refractivity contribution in [2.75, 3.05) is 0 Å². The van der Waals surface area contributed by atoms with Gasteiger partial charge in [0.1, 0.15) is 5.51 Å². The molecule has 0 radical (unpaired) electrons. The molecule has 90 valence electrons. The van der Waals surface area contributed by atoms with E-state index in [1.807, 2.05) is 19.1 Å². The molecule has 0 unspecified atom stereocenters. The number of aryl methyl sites for hydroxylation is 1. The Kier molecular flexibility index (Phi) is 2.77. The van der Waals surface area contributed by atoms with E-state index in [9.17, 15) is 4.79 Å². The summed E-state index contributed by atoms with van der Waals surface area (Å²) in [4.78, 5) is 21.8. The van der Waals surface area contributed by atoms with Crippen molar-refractivity contribution in [1.82, 2.24) is 19.6 Å². The Bertz CT molecular complexity index is 784. The molecule has 0 saturated heterocycles. The number of hydrogen-bond acceptors (Lipinski definition) is 6. The zero-order valence-corrected chi connectivity index (χ0v) is 11.0. The number of fused-ring (bicyclic) bond motifs is 1. The van der Waals surface area contributed by atoms with Crippen LogP contribution in [0.25, 0.3) is 17.1 Å². The van der Waals surface area contributed by atoms with Gasteiger partial charge in [-0.1, -0.05) is 11.3 Å². The quantitative estimate of drug-likeness (QED) is 0.719. The molecule has 3 rings (SSSR count). The van der Waals surface area contributed by atoms with Gasteiger partial charge in [-0.2, -0.15) is 9.61 Å². The molecule has 0 aliphatic rings. The van der Waals surface area contributed by atoms with Crippen LogP contribution in [0.3, 0.4) is 0 Å². The maximum atomic E-state index is 11.7. The third kappa shape index (κ3) is 2.09. The molecule has 0 saturated carbocycles. The number of nitrogens with zero attached hydrogens (tertiary/aromatic N) is 4. The van der Waals surface area contributed by atoms with Gasteiger partial charge in [0, 0.05) is 17.1 Å². The maximum Gasteiger partial charge on any atom is 0.275 e. The second-order valence-corrected chi connectivity index (χ2v) is 5.65. The summed E-state index contributed by atoms with van der Waals surface area (Å²) in [6.07, 6.45) is 5.52. The van der Waals surface area contributed by atoms with Crippen molar-refractivity contribution < 1.29 is 0 Å². The Labute approximate surface area is 110 Å². The Hall–Kier alpha value is -1.86. The van der Waals surface area contributed by atoms with Crippen LogP contribution >= 0.6 is 22.7 Å². The summed E-state index contributed by atoms with van der Waals surface area (Å²) in [7, 11) is 0. The van der Waals surface area contributed by atoms with Gasteiger partial charge in [-0.15, -0.1) is 11.3 Å². The van der Waals surface area contributed by atoms with Crippen molar-refractivity contribution in [3.05, 3.63) is 43.7 Å². The van der Waals surface area contributed by atoms with Gasteiger partial charge in [0.15, 0.2) is 0 Å². The molecule has 0 fully saturated rings. The third-order valence-corrected chi connectivity index (χ3v) is 3.82. The monoisotopic (exact) mass is 276 g/mol. The van der Waals surface area contributed by atoms with E-state index in [1.54, 1.807) is 23.0 Å². The Morgan fingerprint density at radius 1 is 1.39 bits per heavy atom. The normalized spacial score (nSPS) is 11.6. The van der Waals surface area contributed by atoms with Crippen molar-refractivity contribution in [1.29, 1.82) is 0 Å². The van der Waals surface area contributed by atoms with Gasteiger partial charge in [-0.3, -0.25) is 4.79 Å². The standard InChI is InChI=1S/C11H8N4OS2/c1-7-12-5-9(18-7)3-2-8-4-10(16)15-11(14-8)17-6-13-15/h2-6H,1H3/b3-2+. The maximum absolute atomic E-state index is 11.7. The van der Waals surface area contributed by atoms with Crippen LogP contribution in [0.4, 0.5) is 0 Å². The molecule has 0 spiro atoms. The predicted molar refractivity (Wildman–Crippen MR) is 72.9 cm³/mol. The van der Waals surface area contributed by atoms with Crippen molar-refractivity contribution in [3.63, 3.8) is 0 Å². The largest absolute Gasteiger partial charge is 0.275 e. The van der Waals surface area contributed by atoms with E-state index in [0.717, 1.165) is 9.88 Å². The molecule has 3 heterocycles. The summed E-state index contributed by atoms with van der Waals surface area (Å²) in [6, 6.07) is 1.47. The molecule has 0 aliphatic carbocycles. The molecule has 0 amide bonds. The molecular formula is C11H8N4OS2. The molecule has 3 aromatic heterocycles. The highest BCUT2D eigenvalue weighted by Crippen LogP contribution is 2.14. The first kappa shape index (κ1) is 11.2. The summed E-state index contributed by atoms with van der Waals surface area (Å²) >= 11 is 2.94. The fourth-order valence-electron chi connectivity index (χ4n) is 1.48. The van der Waals surface area contributed by atoms with E-state index < -0.39 is 0 Å². The summed E-state index contributed by atoms with van der Waals surface area (Å²) < 4.78 is 1.29. The van der Waals surface area contributed by atoms with Crippen molar-refractivity contribution >= 4 is 39.8 Å². The van der Waals surface area contributed by atoms with E-state index in [-0.39, 0.29) is 5.56 Å². The lowest BCUT2D eigenvalue weighted by Gasteiger charge is -1.92. The second kappa shape index (κ2) is 4.43. The van der Waals surface area contributed by atoms with Gasteiger partial charge in [-0.05, 0) is 19.1 Å². The summed E-state index contributed by atoms with van der Waals surface area (Å²) in [5, 5.41) is 4.92. The van der Waals surface area contributed by atoms with Gasteiger partial charge in [0.25, 0.3) is 5.56 Å². The molecule has 18 heavy (non-hydrogen) atoms. The van der Waals surface area contributed by atoms with Crippen molar-refractivity contribution in [3.8, 4) is 0 Å². The van der Waals surface area contributed by atoms with E-state index >= 15 is 0 Å². The predicted octanol–water partition coefficient (Wildman–Crippen LogP) is 2.09. The fraction of sp³-hybridized carbons (Fsp3) is 0.0909. The van der Waals surface area contributed by atoms with E-state index in [0.29, 0.717) is 10.7 Å². The first-order chi connectivity index (χ1) is 8.72. The highest BCUT2D eigenvalue weighted by atomic mass is 32.1. The zero-order chi connectivity index (χ0) is 12.5. The average Bonchev–Trinajstić information content (AvgIpc) is 2.95. The first-order valence-electron chi connectivity index (χ1n) is 5.16. The van der Waals surface area contributed by atoms with Crippen molar-refractivity contribution in [2.45, 2.75) is 6.92 Å². The van der Waals surface area contributed by atoms with Gasteiger partial charge in [0.2, 0.25) is 4.96 Å². The van der Waals surface area contributed by atoms with Crippen LogP contribution in [0.1, 0.15) is 15.6 Å². The molecule has 0 bridgehead atoms. The van der Waals surface area contributed by atoms with E-state index in [2.05, 4.69) is 15.1 Å². The van der Waals surface area contributed by atoms with Crippen LogP contribution in [0.15, 0.2) is 22.6 Å². The topological polar surface area (TPSA) is 60.2 Å². The molecule has 3 aromatic rings. The number of aromatic nitrogens is 4. The highest BCUT2D eigenvalue weighted by Gasteiger charge is 2.02. The minimum atomic E-state index is -0.165. The molecule has 7 heteroatoms. The lowest BCUT2D eigenvalue weighted by Crippen LogP contribution is -2.13. The average molecular weight is 276 g/mol. The van der Waals surface area contributed by atoms with Gasteiger partial charge >= 0.3 is 0 Å². The SMILES string of the molecule is Cc1ncc(/C=C/c2cc(=O)n3ncsc3n2)s1. The zero-order valence-electron chi connectivity index (χ0n) is 9.40. The first-order valence-corrected chi connectivity index (χ1v) is 6.86. The van der Waals surface area contributed by atoms with Crippen LogP contribution in [-0.2, 0) is 0 Å². The Morgan fingerprint density at radius 3 is 3.06 bits per heavy atom. The molecule has 5 nitrogen and oxygen atoms in total. The lowest BCUT2D eigenvalue weighted by molar-refractivity contribution is 0.897. The minimum absolute atomic E-state index is 0.165. The molecule has 0 N–H and O–H groups in total. The highest BCUT2D eigenvalue weighted by molar-refractivity contribution is 7.14. The van der Waals surface area contributed by atoms with E-state index in [4.69, 9.17) is 0 Å². The van der Waals surface area contributed by atoms with Gasteiger partial charge in [0.05, 0.1) is 10.7 Å². The third-order valence-electron chi connectivity index (χ3n) is 2.26. The molecule has 0 aliphatic heterocycles. The van der Waals surface area contributed by atoms with Crippen LogP contribution in [0.2, 0.25) is 0 Å². The van der Waals surface area contributed by atoms with Crippen LogP contribution in [0, 0.1) is 6.92 Å².